The van der Waals surface area contributed by atoms with Crippen LogP contribution in [0, 0.1) is 0 Å². The highest BCUT2D eigenvalue weighted by atomic mass is 79.9. The number of hydrogen-bond donors (Lipinski definition) is 1. The zero-order valence-corrected chi connectivity index (χ0v) is 13.7. The molecule has 0 fully saturated rings. The van der Waals surface area contributed by atoms with Gasteiger partial charge >= 0.3 is 0 Å². The molecule has 1 aromatic carbocycles. The molecule has 0 heterocycles. The Balaban J connectivity index is 2.46. The third kappa shape index (κ3) is 6.12. The lowest BCUT2D eigenvalue weighted by Gasteiger charge is -2.11. The molecule has 0 amide bonds. The molecule has 0 aliphatic rings. The molecule has 0 atom stereocenters. The van der Waals surface area contributed by atoms with Gasteiger partial charge in [-0.2, -0.15) is 11.8 Å². The predicted octanol–water partition coefficient (Wildman–Crippen LogP) is 4.08. The maximum atomic E-state index is 5.73. The Labute approximate surface area is 123 Å². The molecule has 4 heteroatoms. The molecule has 0 aliphatic heterocycles. The minimum absolute atomic E-state index is 0.505. The fourth-order valence-corrected chi connectivity index (χ4v) is 2.48. The van der Waals surface area contributed by atoms with Gasteiger partial charge in [-0.1, -0.05) is 26.8 Å². The standard InChI is InChI=1S/C14H22BrNOS/c1-4-18-8-7-17-14-6-5-12(9-13(14)15)10-16-11(2)3/h5-6,9,11,16H,4,7-8,10H2,1-3H3. The molecule has 1 rings (SSSR count). The zero-order chi connectivity index (χ0) is 13.4. The number of ether oxygens (including phenoxy) is 1. The molecule has 1 aromatic rings. The summed E-state index contributed by atoms with van der Waals surface area (Å²) in [5.74, 6) is 3.12. The maximum absolute atomic E-state index is 5.73. The Morgan fingerprint density at radius 3 is 2.78 bits per heavy atom. The third-order valence-electron chi connectivity index (χ3n) is 2.40. The fraction of sp³-hybridized carbons (Fsp3) is 0.571. The van der Waals surface area contributed by atoms with Crippen LogP contribution in [0.25, 0.3) is 0 Å². The Morgan fingerprint density at radius 2 is 2.17 bits per heavy atom. The predicted molar refractivity (Wildman–Crippen MR) is 84.6 cm³/mol. The Hall–Kier alpha value is -0.190. The van der Waals surface area contributed by atoms with Crippen LogP contribution in [-0.2, 0) is 6.54 Å². The highest BCUT2D eigenvalue weighted by Crippen LogP contribution is 2.26. The minimum Gasteiger partial charge on any atom is -0.492 e. The van der Waals surface area contributed by atoms with Crippen molar-refractivity contribution in [3.05, 3.63) is 28.2 Å². The summed E-state index contributed by atoms with van der Waals surface area (Å²) in [6, 6.07) is 6.78. The van der Waals surface area contributed by atoms with Crippen molar-refractivity contribution in [2.75, 3.05) is 18.1 Å². The van der Waals surface area contributed by atoms with E-state index in [1.165, 1.54) is 5.56 Å². The SMILES string of the molecule is CCSCCOc1ccc(CNC(C)C)cc1Br. The van der Waals surface area contributed by atoms with Crippen LogP contribution in [0.1, 0.15) is 26.3 Å². The van der Waals surface area contributed by atoms with Crippen molar-refractivity contribution in [3.63, 3.8) is 0 Å². The molecule has 0 spiro atoms. The summed E-state index contributed by atoms with van der Waals surface area (Å²) in [7, 11) is 0. The van der Waals surface area contributed by atoms with Crippen LogP contribution in [0.2, 0.25) is 0 Å². The molecule has 0 unspecified atom stereocenters. The maximum Gasteiger partial charge on any atom is 0.133 e. The summed E-state index contributed by atoms with van der Waals surface area (Å²) < 4.78 is 6.77. The fourth-order valence-electron chi connectivity index (χ4n) is 1.45. The molecular formula is C14H22BrNOS. The highest BCUT2D eigenvalue weighted by Gasteiger charge is 2.03. The monoisotopic (exact) mass is 331 g/mol. The van der Waals surface area contributed by atoms with E-state index in [2.05, 4.69) is 54.2 Å². The molecule has 102 valence electrons. The number of benzene rings is 1. The number of hydrogen-bond acceptors (Lipinski definition) is 3. The van der Waals surface area contributed by atoms with Crippen LogP contribution in [-0.4, -0.2) is 24.2 Å². The van der Waals surface area contributed by atoms with E-state index in [-0.39, 0.29) is 0 Å². The number of nitrogens with one attached hydrogen (secondary N) is 1. The summed E-state index contributed by atoms with van der Waals surface area (Å²) >= 11 is 5.46. The lowest BCUT2D eigenvalue weighted by molar-refractivity contribution is 0.341. The average Bonchev–Trinajstić information content (AvgIpc) is 2.34. The summed E-state index contributed by atoms with van der Waals surface area (Å²) in [6.45, 7) is 8.12. The van der Waals surface area contributed by atoms with Gasteiger partial charge in [0, 0.05) is 18.3 Å². The summed E-state index contributed by atoms with van der Waals surface area (Å²) in [6.07, 6.45) is 0. The van der Waals surface area contributed by atoms with E-state index < -0.39 is 0 Å². The first-order valence-corrected chi connectivity index (χ1v) is 8.30. The number of rotatable bonds is 8. The van der Waals surface area contributed by atoms with E-state index >= 15 is 0 Å². The molecule has 0 bridgehead atoms. The average molecular weight is 332 g/mol. The first-order valence-electron chi connectivity index (χ1n) is 6.35. The van der Waals surface area contributed by atoms with Crippen LogP contribution in [0.15, 0.2) is 22.7 Å². The zero-order valence-electron chi connectivity index (χ0n) is 11.3. The van der Waals surface area contributed by atoms with E-state index in [1.54, 1.807) is 0 Å². The largest absolute Gasteiger partial charge is 0.492 e. The molecule has 0 saturated carbocycles. The Bertz CT molecular complexity index is 358. The summed E-state index contributed by atoms with van der Waals surface area (Å²) in [4.78, 5) is 0. The lowest BCUT2D eigenvalue weighted by atomic mass is 10.2. The molecule has 0 radical (unpaired) electrons. The van der Waals surface area contributed by atoms with Crippen LogP contribution in [0.4, 0.5) is 0 Å². The van der Waals surface area contributed by atoms with E-state index in [4.69, 9.17) is 4.74 Å². The van der Waals surface area contributed by atoms with Crippen molar-refractivity contribution in [3.8, 4) is 5.75 Å². The Kier molecular flexibility index (Phi) is 7.79. The first kappa shape index (κ1) is 15.9. The van der Waals surface area contributed by atoms with Crippen LogP contribution in [0.5, 0.6) is 5.75 Å². The lowest BCUT2D eigenvalue weighted by Crippen LogP contribution is -2.21. The van der Waals surface area contributed by atoms with Gasteiger partial charge in [-0.15, -0.1) is 0 Å². The topological polar surface area (TPSA) is 21.3 Å². The van der Waals surface area contributed by atoms with Crippen molar-refractivity contribution in [1.29, 1.82) is 0 Å². The van der Waals surface area contributed by atoms with Crippen molar-refractivity contribution in [1.82, 2.24) is 5.32 Å². The van der Waals surface area contributed by atoms with Crippen molar-refractivity contribution in [2.24, 2.45) is 0 Å². The van der Waals surface area contributed by atoms with Crippen LogP contribution < -0.4 is 10.1 Å². The van der Waals surface area contributed by atoms with E-state index in [1.807, 2.05) is 17.8 Å². The Morgan fingerprint density at radius 1 is 1.39 bits per heavy atom. The second kappa shape index (κ2) is 8.83. The molecule has 2 nitrogen and oxygen atoms in total. The first-order chi connectivity index (χ1) is 8.63. The third-order valence-corrected chi connectivity index (χ3v) is 3.88. The second-order valence-electron chi connectivity index (χ2n) is 4.35. The normalized spacial score (nSPS) is 10.9. The van der Waals surface area contributed by atoms with Gasteiger partial charge in [0.15, 0.2) is 0 Å². The van der Waals surface area contributed by atoms with Gasteiger partial charge in [-0.25, -0.2) is 0 Å². The van der Waals surface area contributed by atoms with Crippen molar-refractivity contribution >= 4 is 27.7 Å². The van der Waals surface area contributed by atoms with E-state index in [0.717, 1.165) is 34.9 Å². The van der Waals surface area contributed by atoms with Crippen molar-refractivity contribution in [2.45, 2.75) is 33.4 Å². The quantitative estimate of drug-likeness (QED) is 0.725. The van der Waals surface area contributed by atoms with Gasteiger partial charge in [0.2, 0.25) is 0 Å². The summed E-state index contributed by atoms with van der Waals surface area (Å²) in [5, 5.41) is 3.40. The molecule has 0 saturated heterocycles. The minimum atomic E-state index is 0.505. The van der Waals surface area contributed by atoms with Gasteiger partial charge in [-0.05, 0) is 39.4 Å². The molecular weight excluding hydrogens is 310 g/mol. The molecule has 0 aromatic heterocycles. The van der Waals surface area contributed by atoms with Gasteiger partial charge < -0.3 is 10.1 Å². The van der Waals surface area contributed by atoms with Gasteiger partial charge in [0.05, 0.1) is 11.1 Å². The van der Waals surface area contributed by atoms with Gasteiger partial charge in [0.1, 0.15) is 5.75 Å². The van der Waals surface area contributed by atoms with Gasteiger partial charge in [-0.3, -0.25) is 0 Å². The number of thioether (sulfide) groups is 1. The second-order valence-corrected chi connectivity index (χ2v) is 6.59. The van der Waals surface area contributed by atoms with Crippen LogP contribution >= 0.6 is 27.7 Å². The van der Waals surface area contributed by atoms with Crippen molar-refractivity contribution < 1.29 is 4.74 Å². The van der Waals surface area contributed by atoms with Gasteiger partial charge in [0.25, 0.3) is 0 Å². The van der Waals surface area contributed by atoms with Crippen LogP contribution in [0.3, 0.4) is 0 Å². The molecule has 18 heavy (non-hydrogen) atoms. The smallest absolute Gasteiger partial charge is 0.133 e. The van der Waals surface area contributed by atoms with E-state index in [0.29, 0.717) is 6.04 Å². The summed E-state index contributed by atoms with van der Waals surface area (Å²) in [5.41, 5.74) is 1.27. The number of halogens is 1. The van der Waals surface area contributed by atoms with E-state index in [9.17, 15) is 0 Å². The highest BCUT2D eigenvalue weighted by molar-refractivity contribution is 9.10. The molecule has 0 aliphatic carbocycles. The molecule has 1 N–H and O–H groups in total.